The van der Waals surface area contributed by atoms with Gasteiger partial charge in [0.05, 0.1) is 0 Å². The molecule has 0 bridgehead atoms. The van der Waals surface area contributed by atoms with Gasteiger partial charge in [-0.15, -0.1) is 11.8 Å². The monoisotopic (exact) mass is 392 g/mol. The van der Waals surface area contributed by atoms with Crippen molar-refractivity contribution < 1.29 is 14.3 Å². The van der Waals surface area contributed by atoms with E-state index < -0.39 is 5.60 Å². The molecule has 1 heterocycles. The Kier molecular flexibility index (Phi) is 6.84. The number of thioether (sulfide) groups is 1. The molecular formula is C21H32N2O3S. The highest BCUT2D eigenvalue weighted by Gasteiger charge is 2.27. The summed E-state index contributed by atoms with van der Waals surface area (Å²) < 4.78 is 5.55. The highest BCUT2D eigenvalue weighted by Crippen LogP contribution is 2.38. The van der Waals surface area contributed by atoms with Crippen LogP contribution in [0.1, 0.15) is 47.1 Å². The fourth-order valence-corrected chi connectivity index (χ4v) is 4.14. The van der Waals surface area contributed by atoms with E-state index in [1.54, 1.807) is 16.7 Å². The van der Waals surface area contributed by atoms with Gasteiger partial charge in [0.25, 0.3) is 0 Å². The maximum absolute atomic E-state index is 12.3. The van der Waals surface area contributed by atoms with Crippen LogP contribution in [0.4, 0.5) is 10.5 Å². The van der Waals surface area contributed by atoms with Gasteiger partial charge in [-0.05, 0) is 38.5 Å². The number of nitrogens with zero attached hydrogens (tertiary/aromatic N) is 2. The van der Waals surface area contributed by atoms with E-state index in [2.05, 4.69) is 43.9 Å². The summed E-state index contributed by atoms with van der Waals surface area (Å²) in [6.45, 7) is 14.9. The molecule has 150 valence electrons. The summed E-state index contributed by atoms with van der Waals surface area (Å²) in [6.07, 6.45) is 1.12. The molecule has 0 aliphatic carbocycles. The number of amides is 1. The van der Waals surface area contributed by atoms with Crippen LogP contribution in [0, 0.1) is 0 Å². The third-order valence-corrected chi connectivity index (χ3v) is 5.30. The standard InChI is InChI=1S/C21H32N2O3S/c1-20(2,3)26-19(25)23-13-11-22(12-14-23)17-8-7-9-18(16(17)10-15-24)27-21(4,5)6/h7-9,15H,10-14H2,1-6H3. The molecule has 5 nitrogen and oxygen atoms in total. The zero-order valence-corrected chi connectivity index (χ0v) is 18.2. The van der Waals surface area contributed by atoms with E-state index in [0.717, 1.165) is 35.5 Å². The highest BCUT2D eigenvalue weighted by atomic mass is 32.2. The number of rotatable bonds is 4. The number of aldehydes is 1. The number of ether oxygens (including phenoxy) is 1. The van der Waals surface area contributed by atoms with Gasteiger partial charge in [0.1, 0.15) is 11.9 Å². The van der Waals surface area contributed by atoms with Gasteiger partial charge in [0.2, 0.25) is 0 Å². The zero-order chi connectivity index (χ0) is 20.2. The summed E-state index contributed by atoms with van der Waals surface area (Å²) in [6, 6.07) is 6.22. The Bertz CT molecular complexity index is 669. The lowest BCUT2D eigenvalue weighted by Crippen LogP contribution is -2.50. The van der Waals surface area contributed by atoms with Gasteiger partial charge in [0, 0.05) is 47.9 Å². The predicted octanol–water partition coefficient (Wildman–Crippen LogP) is 4.38. The topological polar surface area (TPSA) is 49.9 Å². The van der Waals surface area contributed by atoms with Crippen molar-refractivity contribution in [1.29, 1.82) is 0 Å². The van der Waals surface area contributed by atoms with Gasteiger partial charge in [-0.1, -0.05) is 26.8 Å². The van der Waals surface area contributed by atoms with Gasteiger partial charge in [-0.25, -0.2) is 4.79 Å². The molecule has 27 heavy (non-hydrogen) atoms. The van der Waals surface area contributed by atoms with Crippen LogP contribution in [-0.4, -0.2) is 53.8 Å². The minimum atomic E-state index is -0.482. The first-order chi connectivity index (χ1) is 12.5. The lowest BCUT2D eigenvalue weighted by molar-refractivity contribution is -0.107. The number of anilines is 1. The largest absolute Gasteiger partial charge is 0.444 e. The molecule has 2 rings (SSSR count). The summed E-state index contributed by atoms with van der Waals surface area (Å²) in [5.41, 5.74) is 1.70. The number of carbonyl (C=O) groups is 2. The molecule has 0 saturated carbocycles. The van der Waals surface area contributed by atoms with E-state index in [0.29, 0.717) is 19.5 Å². The summed E-state index contributed by atoms with van der Waals surface area (Å²) in [7, 11) is 0. The second-order valence-corrected chi connectivity index (χ2v) is 10.7. The van der Waals surface area contributed by atoms with Crippen LogP contribution in [0.15, 0.2) is 23.1 Å². The maximum Gasteiger partial charge on any atom is 0.410 e. The number of hydrogen-bond donors (Lipinski definition) is 0. The van der Waals surface area contributed by atoms with E-state index >= 15 is 0 Å². The van der Waals surface area contributed by atoms with Crippen LogP contribution >= 0.6 is 11.8 Å². The lowest BCUT2D eigenvalue weighted by Gasteiger charge is -2.38. The summed E-state index contributed by atoms with van der Waals surface area (Å²) >= 11 is 1.79. The average Bonchev–Trinajstić information content (AvgIpc) is 2.54. The molecule has 0 spiro atoms. The molecule has 1 aromatic rings. The van der Waals surface area contributed by atoms with E-state index in [-0.39, 0.29) is 10.8 Å². The lowest BCUT2D eigenvalue weighted by atomic mass is 10.1. The van der Waals surface area contributed by atoms with Gasteiger partial charge in [-0.2, -0.15) is 0 Å². The highest BCUT2D eigenvalue weighted by molar-refractivity contribution is 8.00. The van der Waals surface area contributed by atoms with Gasteiger partial charge in [-0.3, -0.25) is 0 Å². The first kappa shape index (κ1) is 21.6. The van der Waals surface area contributed by atoms with Crippen molar-refractivity contribution >= 4 is 29.8 Å². The van der Waals surface area contributed by atoms with Crippen molar-refractivity contribution in [2.45, 2.75) is 63.2 Å². The van der Waals surface area contributed by atoms with Crippen molar-refractivity contribution in [2.75, 3.05) is 31.1 Å². The molecule has 6 heteroatoms. The molecule has 0 radical (unpaired) electrons. The molecule has 1 aliphatic rings. The quantitative estimate of drug-likeness (QED) is 0.562. The molecule has 0 unspecified atom stereocenters. The summed E-state index contributed by atoms with van der Waals surface area (Å²) in [4.78, 5) is 28.8. The second kappa shape index (κ2) is 8.55. The second-order valence-electron chi connectivity index (χ2n) is 8.79. The minimum Gasteiger partial charge on any atom is -0.444 e. The first-order valence-electron chi connectivity index (χ1n) is 9.47. The molecule has 1 saturated heterocycles. The molecule has 0 atom stereocenters. The Morgan fingerprint density at radius 1 is 1.11 bits per heavy atom. The smallest absolute Gasteiger partial charge is 0.410 e. The Morgan fingerprint density at radius 3 is 2.26 bits per heavy atom. The number of hydrogen-bond acceptors (Lipinski definition) is 5. The first-order valence-corrected chi connectivity index (χ1v) is 10.3. The average molecular weight is 393 g/mol. The normalized spacial score (nSPS) is 15.6. The van der Waals surface area contributed by atoms with Crippen molar-refractivity contribution in [3.05, 3.63) is 23.8 Å². The van der Waals surface area contributed by atoms with Crippen molar-refractivity contribution in [1.82, 2.24) is 4.90 Å². The fourth-order valence-electron chi connectivity index (χ4n) is 3.02. The molecule has 0 aromatic heterocycles. The maximum atomic E-state index is 12.3. The Labute approximate surface area is 167 Å². The van der Waals surface area contributed by atoms with Crippen molar-refractivity contribution in [2.24, 2.45) is 0 Å². The van der Waals surface area contributed by atoms with E-state index in [9.17, 15) is 9.59 Å². The van der Waals surface area contributed by atoms with E-state index in [1.165, 1.54) is 0 Å². The van der Waals surface area contributed by atoms with Crippen molar-refractivity contribution in [3.8, 4) is 0 Å². The van der Waals surface area contributed by atoms with E-state index in [4.69, 9.17) is 4.74 Å². The van der Waals surface area contributed by atoms with Crippen LogP contribution < -0.4 is 4.90 Å². The van der Waals surface area contributed by atoms with Crippen LogP contribution in [-0.2, 0) is 16.0 Å². The third kappa shape index (κ3) is 6.45. The van der Waals surface area contributed by atoms with Crippen LogP contribution in [0.5, 0.6) is 0 Å². The third-order valence-electron chi connectivity index (χ3n) is 4.08. The molecular weight excluding hydrogens is 360 g/mol. The SMILES string of the molecule is CC(C)(C)OC(=O)N1CCN(c2cccc(SC(C)(C)C)c2CC=O)CC1. The molecule has 0 N–H and O–H groups in total. The van der Waals surface area contributed by atoms with Crippen molar-refractivity contribution in [3.63, 3.8) is 0 Å². The van der Waals surface area contributed by atoms with Gasteiger partial charge < -0.3 is 19.3 Å². The molecule has 1 aromatic carbocycles. The zero-order valence-electron chi connectivity index (χ0n) is 17.4. The number of benzene rings is 1. The van der Waals surface area contributed by atoms with Crippen LogP contribution in [0.2, 0.25) is 0 Å². The summed E-state index contributed by atoms with van der Waals surface area (Å²) in [5.74, 6) is 0. The summed E-state index contributed by atoms with van der Waals surface area (Å²) in [5, 5.41) is 0. The minimum absolute atomic E-state index is 0.0751. The van der Waals surface area contributed by atoms with Crippen LogP contribution in [0.25, 0.3) is 0 Å². The Hall–Kier alpha value is -1.69. The predicted molar refractivity (Wildman–Crippen MR) is 112 cm³/mol. The van der Waals surface area contributed by atoms with Crippen LogP contribution in [0.3, 0.4) is 0 Å². The van der Waals surface area contributed by atoms with E-state index in [1.807, 2.05) is 20.8 Å². The molecule has 1 amide bonds. The van der Waals surface area contributed by atoms with Gasteiger partial charge in [0.15, 0.2) is 0 Å². The number of carbonyl (C=O) groups excluding carboxylic acids is 2. The number of piperazine rings is 1. The van der Waals surface area contributed by atoms with Gasteiger partial charge >= 0.3 is 6.09 Å². The molecule has 1 aliphatic heterocycles. The Morgan fingerprint density at radius 2 is 1.74 bits per heavy atom. The molecule has 1 fully saturated rings. The Balaban J connectivity index is 2.14. The fraction of sp³-hybridized carbons (Fsp3) is 0.619.